The lowest BCUT2D eigenvalue weighted by Crippen LogP contribution is -2.27. The fourth-order valence-corrected chi connectivity index (χ4v) is 3.34. The molecule has 23 heavy (non-hydrogen) atoms. The van der Waals surface area contributed by atoms with Crippen LogP contribution in [0.4, 0.5) is 5.69 Å². The minimum Gasteiger partial charge on any atom is -0.370 e. The van der Waals surface area contributed by atoms with Crippen LogP contribution >= 0.6 is 0 Å². The number of benzene rings is 1. The van der Waals surface area contributed by atoms with E-state index in [0.29, 0.717) is 25.5 Å². The van der Waals surface area contributed by atoms with Crippen LogP contribution in [-0.2, 0) is 22.9 Å². The first kappa shape index (κ1) is 17.7. The zero-order valence-corrected chi connectivity index (χ0v) is 14.5. The van der Waals surface area contributed by atoms with Gasteiger partial charge >= 0.3 is 0 Å². The molecule has 6 nitrogen and oxygen atoms in total. The van der Waals surface area contributed by atoms with Crippen LogP contribution in [0.3, 0.4) is 0 Å². The lowest BCUT2D eigenvalue weighted by molar-refractivity contribution is 0.581. The predicted molar refractivity (Wildman–Crippen MR) is 95.3 cm³/mol. The number of aliphatic imine (C=N–C) groups is 1. The third-order valence-corrected chi connectivity index (χ3v) is 5.38. The number of fused-ring (bicyclic) bond motifs is 1. The van der Waals surface area contributed by atoms with E-state index in [1.54, 1.807) is 6.92 Å². The van der Waals surface area contributed by atoms with Crippen LogP contribution in [0.1, 0.15) is 37.3 Å². The number of anilines is 1. The predicted octanol–water partition coefficient (Wildman–Crippen LogP) is 1.62. The van der Waals surface area contributed by atoms with Gasteiger partial charge in [-0.3, -0.25) is 4.99 Å². The molecule has 0 radical (unpaired) electrons. The molecule has 0 spiro atoms. The van der Waals surface area contributed by atoms with Gasteiger partial charge in [-0.15, -0.1) is 0 Å². The van der Waals surface area contributed by atoms with Crippen LogP contribution in [0.2, 0.25) is 0 Å². The molecule has 0 amide bonds. The van der Waals surface area contributed by atoms with E-state index in [-0.39, 0.29) is 5.75 Å². The molecule has 7 heteroatoms. The van der Waals surface area contributed by atoms with Crippen molar-refractivity contribution < 1.29 is 8.42 Å². The average molecular weight is 338 g/mol. The maximum Gasteiger partial charge on any atom is 0.211 e. The highest BCUT2D eigenvalue weighted by atomic mass is 32.2. The van der Waals surface area contributed by atoms with Gasteiger partial charge in [0.15, 0.2) is 5.96 Å². The minimum atomic E-state index is -3.12. The topological polar surface area (TPSA) is 96.6 Å². The van der Waals surface area contributed by atoms with Crippen molar-refractivity contribution in [3.8, 4) is 0 Å². The Hall–Kier alpha value is -1.60. The fraction of sp³-hybridized carbons (Fsp3) is 0.562. The van der Waals surface area contributed by atoms with Gasteiger partial charge < -0.3 is 11.1 Å². The van der Waals surface area contributed by atoms with Crippen LogP contribution in [0, 0.1) is 0 Å². The first-order valence-electron chi connectivity index (χ1n) is 8.17. The van der Waals surface area contributed by atoms with Crippen LogP contribution in [-0.4, -0.2) is 33.2 Å². The molecule has 0 unspecified atom stereocenters. The zero-order valence-electron chi connectivity index (χ0n) is 13.6. The van der Waals surface area contributed by atoms with E-state index in [1.165, 1.54) is 24.0 Å². The Morgan fingerprint density at radius 1 is 1.30 bits per heavy atom. The number of hydrogen-bond acceptors (Lipinski definition) is 3. The summed E-state index contributed by atoms with van der Waals surface area (Å²) < 4.78 is 25.1. The van der Waals surface area contributed by atoms with Gasteiger partial charge in [0.2, 0.25) is 10.0 Å². The number of aryl methyl sites for hydroxylation is 1. The van der Waals surface area contributed by atoms with E-state index in [9.17, 15) is 8.42 Å². The first-order chi connectivity index (χ1) is 11.0. The largest absolute Gasteiger partial charge is 0.370 e. The highest BCUT2D eigenvalue weighted by molar-refractivity contribution is 7.89. The van der Waals surface area contributed by atoms with Crippen LogP contribution in [0.15, 0.2) is 23.2 Å². The molecule has 128 valence electrons. The molecular weight excluding hydrogens is 312 g/mol. The van der Waals surface area contributed by atoms with Gasteiger partial charge in [0.25, 0.3) is 0 Å². The summed E-state index contributed by atoms with van der Waals surface area (Å²) in [5.74, 6) is 0.473. The molecule has 1 aromatic carbocycles. The van der Waals surface area contributed by atoms with Gasteiger partial charge in [-0.05, 0) is 56.2 Å². The average Bonchev–Trinajstić information content (AvgIpc) is 2.55. The quantitative estimate of drug-likeness (QED) is 0.400. The van der Waals surface area contributed by atoms with E-state index in [2.05, 4.69) is 21.1 Å². The molecule has 0 bridgehead atoms. The maximum atomic E-state index is 11.3. The lowest BCUT2D eigenvalue weighted by atomic mass is 9.90. The molecule has 0 saturated carbocycles. The van der Waals surface area contributed by atoms with E-state index < -0.39 is 10.0 Å². The smallest absolute Gasteiger partial charge is 0.211 e. The van der Waals surface area contributed by atoms with E-state index in [0.717, 1.165) is 18.5 Å². The summed E-state index contributed by atoms with van der Waals surface area (Å²) in [4.78, 5) is 4.26. The number of sulfonamides is 1. The monoisotopic (exact) mass is 338 g/mol. The van der Waals surface area contributed by atoms with E-state index >= 15 is 0 Å². The zero-order chi connectivity index (χ0) is 16.7. The van der Waals surface area contributed by atoms with Crippen molar-refractivity contribution in [2.24, 2.45) is 10.7 Å². The summed E-state index contributed by atoms with van der Waals surface area (Å²) >= 11 is 0. The fourth-order valence-electron chi connectivity index (χ4n) is 2.68. The Morgan fingerprint density at radius 3 is 2.87 bits per heavy atom. The summed E-state index contributed by atoms with van der Waals surface area (Å²) in [5.41, 5.74) is 9.70. The summed E-state index contributed by atoms with van der Waals surface area (Å²) in [6, 6.07) is 6.24. The van der Waals surface area contributed by atoms with Crippen molar-refractivity contribution in [3.05, 3.63) is 29.3 Å². The number of hydrogen-bond donors (Lipinski definition) is 3. The number of rotatable bonds is 7. The molecular formula is C16H26N4O2S. The molecule has 1 aromatic rings. The number of guanidine groups is 1. The maximum absolute atomic E-state index is 11.3. The van der Waals surface area contributed by atoms with Gasteiger partial charge in [0.1, 0.15) is 0 Å². The molecule has 4 N–H and O–H groups in total. The van der Waals surface area contributed by atoms with Crippen molar-refractivity contribution in [1.29, 1.82) is 0 Å². The SMILES string of the molecule is CCS(=O)(=O)NCCCN=C(N)Nc1cccc2c1CCCC2. The highest BCUT2D eigenvalue weighted by Crippen LogP contribution is 2.27. The van der Waals surface area contributed by atoms with Crippen molar-refractivity contribution in [2.45, 2.75) is 39.0 Å². The molecule has 1 aliphatic carbocycles. The highest BCUT2D eigenvalue weighted by Gasteiger charge is 2.13. The molecule has 0 heterocycles. The normalized spacial score (nSPS) is 15.3. The Balaban J connectivity index is 1.84. The number of nitrogens with two attached hydrogens (primary N) is 1. The summed E-state index contributed by atoms with van der Waals surface area (Å²) in [5, 5.41) is 3.18. The standard InChI is InChI=1S/C16H26N4O2S/c1-2-23(21,22)19-12-6-11-18-16(17)20-15-10-5-8-13-7-3-4-9-14(13)15/h5,8,10,19H,2-4,6-7,9,11-12H2,1H3,(H3,17,18,20). The van der Waals surface area contributed by atoms with Crippen molar-refractivity contribution in [1.82, 2.24) is 4.72 Å². The Kier molecular flexibility index (Phi) is 6.41. The van der Waals surface area contributed by atoms with E-state index in [1.807, 2.05) is 12.1 Å². The second kappa shape index (κ2) is 8.31. The van der Waals surface area contributed by atoms with E-state index in [4.69, 9.17) is 5.73 Å². The molecule has 0 atom stereocenters. The van der Waals surface area contributed by atoms with Crippen LogP contribution < -0.4 is 15.8 Å². The third-order valence-electron chi connectivity index (χ3n) is 3.98. The second-order valence-electron chi connectivity index (χ2n) is 5.69. The van der Waals surface area contributed by atoms with Gasteiger partial charge in [0, 0.05) is 18.8 Å². The Bertz CT molecular complexity index is 656. The number of nitrogens with one attached hydrogen (secondary N) is 2. The summed E-state index contributed by atoms with van der Waals surface area (Å²) in [6.07, 6.45) is 5.27. The lowest BCUT2D eigenvalue weighted by Gasteiger charge is -2.19. The molecule has 2 rings (SSSR count). The molecule has 1 aliphatic rings. The Labute approximate surface area is 138 Å². The van der Waals surface area contributed by atoms with Gasteiger partial charge in [-0.2, -0.15) is 0 Å². The van der Waals surface area contributed by atoms with Crippen molar-refractivity contribution in [3.63, 3.8) is 0 Å². The number of nitrogens with zero attached hydrogens (tertiary/aromatic N) is 1. The Morgan fingerprint density at radius 2 is 2.09 bits per heavy atom. The van der Waals surface area contributed by atoms with Crippen molar-refractivity contribution in [2.75, 3.05) is 24.2 Å². The molecule has 0 aliphatic heterocycles. The van der Waals surface area contributed by atoms with Crippen LogP contribution in [0.5, 0.6) is 0 Å². The minimum absolute atomic E-state index is 0.0963. The van der Waals surface area contributed by atoms with Gasteiger partial charge in [-0.1, -0.05) is 12.1 Å². The molecule has 0 aromatic heterocycles. The van der Waals surface area contributed by atoms with Gasteiger partial charge in [-0.25, -0.2) is 13.1 Å². The third kappa shape index (κ3) is 5.51. The summed E-state index contributed by atoms with van der Waals surface area (Å²) in [7, 11) is -3.12. The molecule has 0 fully saturated rings. The summed E-state index contributed by atoms with van der Waals surface area (Å²) in [6.45, 7) is 2.48. The van der Waals surface area contributed by atoms with Crippen LogP contribution in [0.25, 0.3) is 0 Å². The first-order valence-corrected chi connectivity index (χ1v) is 9.82. The van der Waals surface area contributed by atoms with Gasteiger partial charge in [0.05, 0.1) is 5.75 Å². The second-order valence-corrected chi connectivity index (χ2v) is 7.79. The molecule has 0 saturated heterocycles. The van der Waals surface area contributed by atoms with Crippen molar-refractivity contribution >= 4 is 21.7 Å².